The molecule has 0 heterocycles. The number of fused-ring (bicyclic) bond motifs is 1. The van der Waals surface area contributed by atoms with Crippen LogP contribution < -0.4 is 0 Å². The number of halogens is 4. The zero-order valence-electron chi connectivity index (χ0n) is 20.3. The minimum Gasteiger partial charge on any atom is -0.205 e. The van der Waals surface area contributed by atoms with E-state index in [1.165, 1.54) is 69.8 Å². The Bertz CT molecular complexity index is 1210. The van der Waals surface area contributed by atoms with Gasteiger partial charge in [-0.3, -0.25) is 0 Å². The first-order chi connectivity index (χ1) is 17.0. The Morgan fingerprint density at radius 2 is 1.54 bits per heavy atom. The maximum atomic E-state index is 15.1. The third kappa shape index (κ3) is 6.42. The molecule has 0 unspecified atom stereocenters. The molecule has 0 N–H and O–H groups in total. The van der Waals surface area contributed by atoms with Gasteiger partial charge in [0.2, 0.25) is 0 Å². The van der Waals surface area contributed by atoms with E-state index in [0.717, 1.165) is 23.4 Å². The van der Waals surface area contributed by atoms with E-state index in [-0.39, 0.29) is 11.1 Å². The largest absolute Gasteiger partial charge is 0.205 e. The summed E-state index contributed by atoms with van der Waals surface area (Å²) in [7, 11) is 0. The van der Waals surface area contributed by atoms with Gasteiger partial charge in [-0.25, -0.2) is 13.2 Å². The van der Waals surface area contributed by atoms with E-state index in [9.17, 15) is 8.78 Å². The summed E-state index contributed by atoms with van der Waals surface area (Å²) in [6.45, 7) is 2.25. The maximum absolute atomic E-state index is 15.1. The normalized spacial score (nSPS) is 17.9. The topological polar surface area (TPSA) is 0 Å². The number of hydrogen-bond acceptors (Lipinski definition) is 0. The second-order valence-electron chi connectivity index (χ2n) is 9.83. The summed E-state index contributed by atoms with van der Waals surface area (Å²) in [5.41, 5.74) is 1.58. The van der Waals surface area contributed by atoms with Crippen LogP contribution in [0, 0.1) is 35.2 Å². The molecule has 0 aromatic heterocycles. The van der Waals surface area contributed by atoms with Gasteiger partial charge in [-0.2, -0.15) is 0 Å². The molecule has 0 nitrogen and oxygen atoms in total. The Hall–Kier alpha value is -2.44. The Morgan fingerprint density at radius 1 is 0.829 bits per heavy atom. The molecule has 4 rings (SSSR count). The van der Waals surface area contributed by atoms with Crippen LogP contribution in [-0.4, -0.2) is 0 Å². The second-order valence-corrected chi connectivity index (χ2v) is 10.2. The summed E-state index contributed by atoms with van der Waals surface area (Å²) in [5.74, 6) is 4.55. The monoisotopic (exact) mass is 496 g/mol. The van der Waals surface area contributed by atoms with Crippen LogP contribution in [0.15, 0.2) is 42.5 Å². The van der Waals surface area contributed by atoms with Crippen LogP contribution in [-0.2, 0) is 0 Å². The van der Waals surface area contributed by atoms with E-state index in [4.69, 9.17) is 11.6 Å². The Morgan fingerprint density at radius 3 is 2.26 bits per heavy atom. The molecule has 1 aliphatic rings. The van der Waals surface area contributed by atoms with Crippen LogP contribution in [0.1, 0.15) is 93.7 Å². The van der Waals surface area contributed by atoms with Crippen LogP contribution >= 0.6 is 11.6 Å². The predicted octanol–water partition coefficient (Wildman–Crippen LogP) is 9.94. The van der Waals surface area contributed by atoms with Gasteiger partial charge < -0.3 is 0 Å². The van der Waals surface area contributed by atoms with Gasteiger partial charge in [-0.05, 0) is 66.7 Å². The average Bonchev–Trinajstić information content (AvgIpc) is 2.87. The summed E-state index contributed by atoms with van der Waals surface area (Å²) in [6.07, 6.45) is 13.1. The zero-order chi connectivity index (χ0) is 24.8. The van der Waals surface area contributed by atoms with Crippen molar-refractivity contribution < 1.29 is 13.2 Å². The highest BCUT2D eigenvalue weighted by Crippen LogP contribution is 2.39. The molecule has 184 valence electrons. The summed E-state index contributed by atoms with van der Waals surface area (Å²) in [4.78, 5) is 0. The second kappa shape index (κ2) is 12.0. The quantitative estimate of drug-likeness (QED) is 0.173. The molecule has 0 atom stereocenters. The molecule has 1 aliphatic carbocycles. The van der Waals surface area contributed by atoms with Gasteiger partial charge >= 0.3 is 0 Å². The highest BCUT2D eigenvalue weighted by molar-refractivity contribution is 6.30. The van der Waals surface area contributed by atoms with Gasteiger partial charge in [0.15, 0.2) is 0 Å². The molecule has 0 saturated heterocycles. The minimum absolute atomic E-state index is 0.107. The Kier molecular flexibility index (Phi) is 8.79. The van der Waals surface area contributed by atoms with Crippen LogP contribution in [0.5, 0.6) is 0 Å². The lowest BCUT2D eigenvalue weighted by molar-refractivity contribution is 0.302. The van der Waals surface area contributed by atoms with Gasteiger partial charge in [-0.1, -0.05) is 93.2 Å². The molecule has 3 aromatic rings. The van der Waals surface area contributed by atoms with Crippen molar-refractivity contribution in [1.82, 2.24) is 0 Å². The fourth-order valence-corrected chi connectivity index (χ4v) is 5.36. The number of unbranched alkanes of at least 4 members (excludes halogenated alkanes) is 4. The third-order valence-electron chi connectivity index (χ3n) is 7.34. The standard InChI is InChI=1S/C31H32ClF3/c1-2-3-4-5-6-7-21-8-11-23(12-9-21)25-16-17-27-26(20-25)15-14-24(31(27)35)13-10-22-18-28(33)30(32)29(34)19-22/h14-21,23H,2-9,11-12H2,1H3. The fourth-order valence-electron chi connectivity index (χ4n) is 5.25. The smallest absolute Gasteiger partial charge is 0.146 e. The molecule has 35 heavy (non-hydrogen) atoms. The van der Waals surface area contributed by atoms with Gasteiger partial charge in [0.1, 0.15) is 22.5 Å². The number of benzene rings is 3. The van der Waals surface area contributed by atoms with Crippen molar-refractivity contribution in [3.8, 4) is 11.8 Å². The minimum atomic E-state index is -0.886. The van der Waals surface area contributed by atoms with Crippen LogP contribution in [0.4, 0.5) is 13.2 Å². The lowest BCUT2D eigenvalue weighted by Crippen LogP contribution is -2.13. The third-order valence-corrected chi connectivity index (χ3v) is 7.70. The highest BCUT2D eigenvalue weighted by atomic mass is 35.5. The number of hydrogen-bond donors (Lipinski definition) is 0. The Labute approximate surface area is 211 Å². The van der Waals surface area contributed by atoms with E-state index in [2.05, 4.69) is 24.8 Å². The molecule has 0 bridgehead atoms. The van der Waals surface area contributed by atoms with Gasteiger partial charge in [-0.15, -0.1) is 0 Å². The van der Waals surface area contributed by atoms with E-state index >= 15 is 4.39 Å². The van der Waals surface area contributed by atoms with Crippen molar-refractivity contribution in [2.45, 2.75) is 77.0 Å². The van der Waals surface area contributed by atoms with Crippen molar-refractivity contribution in [2.75, 3.05) is 0 Å². The lowest BCUT2D eigenvalue weighted by atomic mass is 9.76. The van der Waals surface area contributed by atoms with E-state index < -0.39 is 22.5 Å². The van der Waals surface area contributed by atoms with Gasteiger partial charge in [0.25, 0.3) is 0 Å². The van der Waals surface area contributed by atoms with E-state index in [1.54, 1.807) is 6.07 Å². The molecular formula is C31H32ClF3. The van der Waals surface area contributed by atoms with E-state index in [0.29, 0.717) is 11.3 Å². The average molecular weight is 497 g/mol. The first-order valence-corrected chi connectivity index (χ1v) is 13.2. The first kappa shape index (κ1) is 25.6. The molecule has 4 heteroatoms. The van der Waals surface area contributed by atoms with Crippen molar-refractivity contribution >= 4 is 22.4 Å². The highest BCUT2D eigenvalue weighted by Gasteiger charge is 2.22. The summed E-state index contributed by atoms with van der Waals surface area (Å²) in [6, 6.07) is 11.6. The van der Waals surface area contributed by atoms with Crippen molar-refractivity contribution in [3.05, 3.63) is 81.6 Å². The molecule has 1 fully saturated rings. The summed E-state index contributed by atoms with van der Waals surface area (Å²) < 4.78 is 42.4. The molecule has 1 saturated carbocycles. The molecule has 0 amide bonds. The summed E-state index contributed by atoms with van der Waals surface area (Å²) >= 11 is 5.51. The molecular weight excluding hydrogens is 465 g/mol. The van der Waals surface area contributed by atoms with Crippen molar-refractivity contribution in [1.29, 1.82) is 0 Å². The predicted molar refractivity (Wildman–Crippen MR) is 139 cm³/mol. The first-order valence-electron chi connectivity index (χ1n) is 12.8. The maximum Gasteiger partial charge on any atom is 0.146 e. The molecule has 0 radical (unpaired) electrons. The zero-order valence-corrected chi connectivity index (χ0v) is 21.0. The van der Waals surface area contributed by atoms with Gasteiger partial charge in [0, 0.05) is 10.9 Å². The Balaban J connectivity index is 1.42. The van der Waals surface area contributed by atoms with Crippen LogP contribution in [0.2, 0.25) is 5.02 Å². The molecule has 0 aliphatic heterocycles. The van der Waals surface area contributed by atoms with Crippen LogP contribution in [0.25, 0.3) is 10.8 Å². The summed E-state index contributed by atoms with van der Waals surface area (Å²) in [5, 5.41) is 0.793. The molecule has 0 spiro atoms. The van der Waals surface area contributed by atoms with E-state index in [1.807, 2.05) is 18.2 Å². The SMILES string of the molecule is CCCCCCCC1CCC(c2ccc3c(F)c(C#Cc4cc(F)c(Cl)c(F)c4)ccc3c2)CC1. The molecule has 3 aromatic carbocycles. The van der Waals surface area contributed by atoms with Crippen molar-refractivity contribution in [2.24, 2.45) is 5.92 Å². The van der Waals surface area contributed by atoms with Crippen molar-refractivity contribution in [3.63, 3.8) is 0 Å². The fraction of sp³-hybridized carbons (Fsp3) is 0.419. The lowest BCUT2D eigenvalue weighted by Gasteiger charge is -2.29. The number of rotatable bonds is 7. The van der Waals surface area contributed by atoms with Crippen LogP contribution in [0.3, 0.4) is 0 Å². The van der Waals surface area contributed by atoms with Gasteiger partial charge in [0.05, 0.1) is 5.56 Å².